The fraction of sp³-hybridized carbons (Fsp3) is 0.350. The molecule has 0 saturated carbocycles. The molecule has 26 heavy (non-hydrogen) atoms. The lowest BCUT2D eigenvalue weighted by Crippen LogP contribution is -2.32. The first-order chi connectivity index (χ1) is 12.8. The van der Waals surface area contributed by atoms with Crippen LogP contribution in [-0.4, -0.2) is 38.6 Å². The molecule has 0 bridgehead atoms. The van der Waals surface area contributed by atoms with Crippen LogP contribution in [0, 0.1) is 0 Å². The Hall–Kier alpha value is -2.57. The van der Waals surface area contributed by atoms with Crippen molar-refractivity contribution in [2.45, 2.75) is 31.6 Å². The molecule has 5 rings (SSSR count). The molecule has 3 aromatic rings. The van der Waals surface area contributed by atoms with Crippen LogP contribution in [0.2, 0.25) is 0 Å². The van der Waals surface area contributed by atoms with Crippen molar-refractivity contribution < 1.29 is 4.74 Å². The molecule has 2 atom stereocenters. The Morgan fingerprint density at radius 2 is 2.12 bits per heavy atom. The first-order valence-electron chi connectivity index (χ1n) is 9.05. The van der Waals surface area contributed by atoms with Gasteiger partial charge in [-0.05, 0) is 41.3 Å². The molecule has 2 aromatic carbocycles. The smallest absolute Gasteiger partial charge is 0.204 e. The molecule has 6 nitrogen and oxygen atoms in total. The van der Waals surface area contributed by atoms with E-state index in [1.807, 2.05) is 6.07 Å². The number of aromatic amines is 1. The van der Waals surface area contributed by atoms with E-state index in [2.05, 4.69) is 74.9 Å². The first-order valence-corrected chi connectivity index (χ1v) is 9.05. The summed E-state index contributed by atoms with van der Waals surface area (Å²) in [5, 5.41) is 14.3. The van der Waals surface area contributed by atoms with Gasteiger partial charge >= 0.3 is 0 Å². The van der Waals surface area contributed by atoms with Gasteiger partial charge in [0.2, 0.25) is 5.82 Å². The van der Waals surface area contributed by atoms with Gasteiger partial charge < -0.3 is 4.74 Å². The number of fused-ring (bicyclic) bond motifs is 2. The summed E-state index contributed by atoms with van der Waals surface area (Å²) < 4.78 is 6.30. The maximum Gasteiger partial charge on any atom is 0.204 e. The highest BCUT2D eigenvalue weighted by molar-refractivity contribution is 5.55. The van der Waals surface area contributed by atoms with Gasteiger partial charge in [0.05, 0.1) is 6.61 Å². The average molecular weight is 347 g/mol. The predicted molar refractivity (Wildman–Crippen MR) is 97.1 cm³/mol. The van der Waals surface area contributed by atoms with Gasteiger partial charge in [0.1, 0.15) is 5.60 Å². The third kappa shape index (κ3) is 2.45. The van der Waals surface area contributed by atoms with E-state index in [1.165, 1.54) is 16.7 Å². The molecule has 0 radical (unpaired) electrons. The van der Waals surface area contributed by atoms with E-state index in [0.717, 1.165) is 31.7 Å². The van der Waals surface area contributed by atoms with Gasteiger partial charge in [-0.1, -0.05) is 42.5 Å². The molecular formula is C20H21N5O. The van der Waals surface area contributed by atoms with Crippen molar-refractivity contribution >= 4 is 0 Å². The van der Waals surface area contributed by atoms with Gasteiger partial charge in [0, 0.05) is 24.7 Å². The predicted octanol–water partition coefficient (Wildman–Crippen LogP) is 3.06. The highest BCUT2D eigenvalue weighted by Gasteiger charge is 2.46. The van der Waals surface area contributed by atoms with Gasteiger partial charge in [0.25, 0.3) is 0 Å². The Kier molecular flexibility index (Phi) is 3.62. The van der Waals surface area contributed by atoms with Crippen LogP contribution >= 0.6 is 0 Å². The maximum absolute atomic E-state index is 6.30. The van der Waals surface area contributed by atoms with Crippen molar-refractivity contribution in [1.29, 1.82) is 0 Å². The minimum atomic E-state index is -0.143. The maximum atomic E-state index is 6.30. The van der Waals surface area contributed by atoms with Crippen LogP contribution in [0.4, 0.5) is 0 Å². The SMILES string of the molecule is CC(c1cccc(-c2nn[nH]n2)c1)N1CCC2(C1)OCc1ccccc12. The highest BCUT2D eigenvalue weighted by atomic mass is 16.5. The highest BCUT2D eigenvalue weighted by Crippen LogP contribution is 2.45. The monoisotopic (exact) mass is 347 g/mol. The van der Waals surface area contributed by atoms with Crippen LogP contribution < -0.4 is 0 Å². The van der Waals surface area contributed by atoms with Crippen LogP contribution in [0.5, 0.6) is 0 Å². The number of nitrogens with zero attached hydrogens (tertiary/aromatic N) is 4. The normalized spacial score (nSPS) is 23.4. The Morgan fingerprint density at radius 1 is 1.19 bits per heavy atom. The number of likely N-dealkylation sites (tertiary alicyclic amines) is 1. The van der Waals surface area contributed by atoms with E-state index in [-0.39, 0.29) is 5.60 Å². The molecule has 1 aromatic heterocycles. The number of hydrogen-bond acceptors (Lipinski definition) is 5. The summed E-state index contributed by atoms with van der Waals surface area (Å²) in [5.41, 5.74) is 4.81. The summed E-state index contributed by atoms with van der Waals surface area (Å²) in [5.74, 6) is 0.630. The third-order valence-electron chi connectivity index (χ3n) is 5.79. The largest absolute Gasteiger partial charge is 0.364 e. The number of ether oxygens (including phenoxy) is 1. The second-order valence-electron chi connectivity index (χ2n) is 7.20. The molecule has 2 unspecified atom stereocenters. The number of tetrazole rings is 1. The summed E-state index contributed by atoms with van der Waals surface area (Å²) in [7, 11) is 0. The minimum Gasteiger partial charge on any atom is -0.364 e. The van der Waals surface area contributed by atoms with Crippen LogP contribution in [0.15, 0.2) is 48.5 Å². The molecule has 1 fully saturated rings. The number of rotatable bonds is 3. The minimum absolute atomic E-state index is 0.143. The Labute approximate surface area is 152 Å². The van der Waals surface area contributed by atoms with Gasteiger partial charge in [-0.15, -0.1) is 10.2 Å². The summed E-state index contributed by atoms with van der Waals surface area (Å²) in [6.07, 6.45) is 1.04. The van der Waals surface area contributed by atoms with Crippen LogP contribution in [-0.2, 0) is 16.9 Å². The first kappa shape index (κ1) is 15.7. The van der Waals surface area contributed by atoms with Crippen molar-refractivity contribution in [1.82, 2.24) is 25.5 Å². The molecule has 1 spiro atoms. The molecule has 3 heterocycles. The zero-order valence-corrected chi connectivity index (χ0v) is 14.7. The van der Waals surface area contributed by atoms with Gasteiger partial charge in [-0.25, -0.2) is 0 Å². The van der Waals surface area contributed by atoms with E-state index in [0.29, 0.717) is 11.9 Å². The van der Waals surface area contributed by atoms with E-state index in [4.69, 9.17) is 4.74 Å². The van der Waals surface area contributed by atoms with E-state index in [9.17, 15) is 0 Å². The summed E-state index contributed by atoms with van der Waals surface area (Å²) >= 11 is 0. The number of benzene rings is 2. The average Bonchev–Trinajstić information content (AvgIpc) is 3.43. The Balaban J connectivity index is 1.40. The molecular weight excluding hydrogens is 326 g/mol. The molecule has 0 aliphatic carbocycles. The van der Waals surface area contributed by atoms with Crippen molar-refractivity contribution in [3.05, 3.63) is 65.2 Å². The summed E-state index contributed by atoms with van der Waals surface area (Å²) in [4.78, 5) is 2.51. The second-order valence-corrected chi connectivity index (χ2v) is 7.20. The molecule has 6 heteroatoms. The lowest BCUT2D eigenvalue weighted by atomic mass is 9.91. The summed E-state index contributed by atoms with van der Waals surface area (Å²) in [6.45, 7) is 4.94. The Morgan fingerprint density at radius 3 is 3.00 bits per heavy atom. The quantitative estimate of drug-likeness (QED) is 0.789. The molecule has 1 saturated heterocycles. The second kappa shape index (κ2) is 6.00. The third-order valence-corrected chi connectivity index (χ3v) is 5.79. The van der Waals surface area contributed by atoms with Crippen molar-refractivity contribution in [2.75, 3.05) is 13.1 Å². The fourth-order valence-electron chi connectivity index (χ4n) is 4.30. The topological polar surface area (TPSA) is 66.9 Å². The zero-order valence-electron chi connectivity index (χ0n) is 14.7. The molecule has 1 N–H and O–H groups in total. The van der Waals surface area contributed by atoms with E-state index >= 15 is 0 Å². The fourth-order valence-corrected chi connectivity index (χ4v) is 4.30. The van der Waals surface area contributed by atoms with Crippen LogP contribution in [0.3, 0.4) is 0 Å². The molecule has 0 amide bonds. The zero-order chi connectivity index (χ0) is 17.6. The van der Waals surface area contributed by atoms with Gasteiger partial charge in [-0.2, -0.15) is 5.21 Å². The van der Waals surface area contributed by atoms with Crippen molar-refractivity contribution in [3.63, 3.8) is 0 Å². The Bertz CT molecular complexity index is 925. The van der Waals surface area contributed by atoms with Gasteiger partial charge in [-0.3, -0.25) is 4.90 Å². The lowest BCUT2D eigenvalue weighted by molar-refractivity contribution is -0.0317. The summed E-state index contributed by atoms with van der Waals surface area (Å²) in [6, 6.07) is 17.3. The van der Waals surface area contributed by atoms with Gasteiger partial charge in [0.15, 0.2) is 0 Å². The van der Waals surface area contributed by atoms with Crippen LogP contribution in [0.25, 0.3) is 11.4 Å². The van der Waals surface area contributed by atoms with Crippen molar-refractivity contribution in [2.24, 2.45) is 0 Å². The standard InChI is InChI=1S/C20H21N5O/c1-14(15-6-4-7-16(11-15)19-21-23-24-22-19)25-10-9-20(13-25)18-8-3-2-5-17(18)12-26-20/h2-8,11,14H,9-10,12-13H2,1H3,(H,21,22,23,24). The number of nitrogens with one attached hydrogen (secondary N) is 1. The number of aromatic nitrogens is 4. The molecule has 132 valence electrons. The molecule has 2 aliphatic rings. The van der Waals surface area contributed by atoms with E-state index < -0.39 is 0 Å². The van der Waals surface area contributed by atoms with E-state index in [1.54, 1.807) is 0 Å². The lowest BCUT2D eigenvalue weighted by Gasteiger charge is -2.28. The van der Waals surface area contributed by atoms with Crippen LogP contribution in [0.1, 0.15) is 36.1 Å². The molecule has 2 aliphatic heterocycles. The number of hydrogen-bond donors (Lipinski definition) is 1. The number of H-pyrrole nitrogens is 1. The van der Waals surface area contributed by atoms with Crippen molar-refractivity contribution in [3.8, 4) is 11.4 Å².